The van der Waals surface area contributed by atoms with Gasteiger partial charge in [0.05, 0.1) is 6.61 Å². The Balaban J connectivity index is 2.41. The molecule has 1 rings (SSSR count). The standard InChI is InChI=1S/C9H17N3O6/c10-12-11-2-1-3-17-9-8(16)7(15)6(14)5(4-13)18-9/h5-9,13-16H,1-4H2/t5-,6-,7+,8+,9-/m1/s1. The lowest BCUT2D eigenvalue weighted by molar-refractivity contribution is -0.301. The van der Waals surface area contributed by atoms with Crippen LogP contribution in [0.25, 0.3) is 10.4 Å². The van der Waals surface area contributed by atoms with Crippen LogP contribution in [0.2, 0.25) is 0 Å². The van der Waals surface area contributed by atoms with Gasteiger partial charge in [-0.05, 0) is 12.0 Å². The fourth-order valence-electron chi connectivity index (χ4n) is 1.58. The third-order valence-electron chi connectivity index (χ3n) is 2.60. The number of nitrogens with zero attached hydrogens (tertiary/aromatic N) is 3. The third-order valence-corrected chi connectivity index (χ3v) is 2.60. The van der Waals surface area contributed by atoms with Crippen molar-refractivity contribution in [2.75, 3.05) is 19.8 Å². The minimum absolute atomic E-state index is 0.154. The summed E-state index contributed by atoms with van der Waals surface area (Å²) in [6.45, 7) is -0.0981. The normalized spacial score (nSPS) is 36.1. The predicted molar refractivity (Wildman–Crippen MR) is 58.3 cm³/mol. The van der Waals surface area contributed by atoms with Crippen LogP contribution in [-0.4, -0.2) is 70.9 Å². The number of ether oxygens (including phenoxy) is 2. The molecule has 104 valence electrons. The molecule has 0 aromatic heterocycles. The SMILES string of the molecule is [N-]=[N+]=NCCCO[C@@H]1O[C@H](CO)[C@@H](O)[C@H](O)[C@@H]1O. The maximum absolute atomic E-state index is 9.60. The minimum atomic E-state index is -1.45. The zero-order chi connectivity index (χ0) is 13.5. The van der Waals surface area contributed by atoms with Crippen LogP contribution in [0.5, 0.6) is 0 Å². The van der Waals surface area contributed by atoms with Crippen LogP contribution in [0.1, 0.15) is 6.42 Å². The highest BCUT2D eigenvalue weighted by Gasteiger charge is 2.43. The van der Waals surface area contributed by atoms with Crippen molar-refractivity contribution in [3.8, 4) is 0 Å². The number of hydrogen-bond donors (Lipinski definition) is 4. The van der Waals surface area contributed by atoms with Crippen LogP contribution >= 0.6 is 0 Å². The van der Waals surface area contributed by atoms with E-state index in [-0.39, 0.29) is 13.2 Å². The molecule has 0 saturated carbocycles. The molecule has 0 amide bonds. The summed E-state index contributed by atoms with van der Waals surface area (Å²) >= 11 is 0. The summed E-state index contributed by atoms with van der Waals surface area (Å²) in [5, 5.41) is 40.8. The van der Waals surface area contributed by atoms with E-state index < -0.39 is 37.3 Å². The first kappa shape index (κ1) is 15.1. The molecule has 1 heterocycles. The van der Waals surface area contributed by atoms with Crippen LogP contribution in [0.4, 0.5) is 0 Å². The lowest BCUT2D eigenvalue weighted by atomic mass is 9.99. The Labute approximate surface area is 103 Å². The van der Waals surface area contributed by atoms with Crippen LogP contribution in [0.15, 0.2) is 5.11 Å². The van der Waals surface area contributed by atoms with E-state index in [0.29, 0.717) is 6.42 Å². The number of aliphatic hydroxyl groups is 4. The Morgan fingerprint density at radius 1 is 1.22 bits per heavy atom. The summed E-state index contributed by atoms with van der Waals surface area (Å²) in [5.74, 6) is 0. The Hall–Kier alpha value is -0.930. The smallest absolute Gasteiger partial charge is 0.186 e. The van der Waals surface area contributed by atoms with Gasteiger partial charge in [0.15, 0.2) is 6.29 Å². The van der Waals surface area contributed by atoms with Crippen LogP contribution in [-0.2, 0) is 9.47 Å². The van der Waals surface area contributed by atoms with E-state index in [1.807, 2.05) is 0 Å². The number of rotatable bonds is 6. The van der Waals surface area contributed by atoms with Gasteiger partial charge in [0.2, 0.25) is 0 Å². The Kier molecular flexibility index (Phi) is 6.30. The Morgan fingerprint density at radius 3 is 2.56 bits per heavy atom. The van der Waals surface area contributed by atoms with E-state index in [4.69, 9.17) is 20.1 Å². The lowest BCUT2D eigenvalue weighted by Gasteiger charge is -2.39. The van der Waals surface area contributed by atoms with Gasteiger partial charge in [0, 0.05) is 18.1 Å². The zero-order valence-electron chi connectivity index (χ0n) is 9.66. The van der Waals surface area contributed by atoms with Gasteiger partial charge in [-0.2, -0.15) is 0 Å². The fourth-order valence-corrected chi connectivity index (χ4v) is 1.58. The Morgan fingerprint density at radius 2 is 1.94 bits per heavy atom. The first-order valence-corrected chi connectivity index (χ1v) is 5.54. The molecule has 9 heteroatoms. The van der Waals surface area contributed by atoms with Crippen molar-refractivity contribution >= 4 is 0 Å². The number of azide groups is 1. The molecule has 0 aromatic rings. The van der Waals surface area contributed by atoms with Gasteiger partial charge in [-0.1, -0.05) is 5.11 Å². The minimum Gasteiger partial charge on any atom is -0.394 e. The van der Waals surface area contributed by atoms with Crippen molar-refractivity contribution in [2.24, 2.45) is 5.11 Å². The average molecular weight is 263 g/mol. The fraction of sp³-hybridized carbons (Fsp3) is 1.00. The molecule has 1 aliphatic rings. The van der Waals surface area contributed by atoms with Gasteiger partial charge in [0.1, 0.15) is 24.4 Å². The zero-order valence-corrected chi connectivity index (χ0v) is 9.66. The first-order valence-electron chi connectivity index (χ1n) is 5.54. The highest BCUT2D eigenvalue weighted by Crippen LogP contribution is 2.21. The van der Waals surface area contributed by atoms with E-state index in [2.05, 4.69) is 10.0 Å². The molecule has 0 bridgehead atoms. The second-order valence-corrected chi connectivity index (χ2v) is 3.88. The molecule has 1 fully saturated rings. The second kappa shape index (κ2) is 7.49. The van der Waals surface area contributed by atoms with Crippen molar-refractivity contribution in [1.82, 2.24) is 0 Å². The maximum atomic E-state index is 9.60. The molecule has 0 aromatic carbocycles. The van der Waals surface area contributed by atoms with Crippen molar-refractivity contribution in [3.05, 3.63) is 10.4 Å². The summed E-state index contributed by atoms with van der Waals surface area (Å²) in [6.07, 6.45) is -5.93. The summed E-state index contributed by atoms with van der Waals surface area (Å²) in [5.41, 5.74) is 8.05. The molecule has 0 unspecified atom stereocenters. The van der Waals surface area contributed by atoms with Crippen LogP contribution in [0, 0.1) is 0 Å². The van der Waals surface area contributed by atoms with E-state index in [0.717, 1.165) is 0 Å². The number of aliphatic hydroxyl groups excluding tert-OH is 4. The predicted octanol–water partition coefficient (Wildman–Crippen LogP) is -1.50. The van der Waals surface area contributed by atoms with Crippen LogP contribution in [0.3, 0.4) is 0 Å². The molecule has 1 aliphatic heterocycles. The number of hydrogen-bond acceptors (Lipinski definition) is 7. The third kappa shape index (κ3) is 3.79. The van der Waals surface area contributed by atoms with Gasteiger partial charge in [0.25, 0.3) is 0 Å². The maximum Gasteiger partial charge on any atom is 0.186 e. The first-order chi connectivity index (χ1) is 8.61. The second-order valence-electron chi connectivity index (χ2n) is 3.88. The molecule has 1 saturated heterocycles. The average Bonchev–Trinajstić information content (AvgIpc) is 2.38. The molecular formula is C9H17N3O6. The van der Waals surface area contributed by atoms with E-state index in [1.165, 1.54) is 0 Å². The van der Waals surface area contributed by atoms with Crippen molar-refractivity contribution in [3.63, 3.8) is 0 Å². The van der Waals surface area contributed by atoms with Gasteiger partial charge in [-0.3, -0.25) is 0 Å². The molecule has 4 N–H and O–H groups in total. The molecular weight excluding hydrogens is 246 g/mol. The van der Waals surface area contributed by atoms with Gasteiger partial charge in [-0.15, -0.1) is 0 Å². The van der Waals surface area contributed by atoms with Gasteiger partial charge >= 0.3 is 0 Å². The summed E-state index contributed by atoms with van der Waals surface area (Å²) in [6, 6.07) is 0. The molecule has 0 aliphatic carbocycles. The van der Waals surface area contributed by atoms with E-state index in [1.54, 1.807) is 0 Å². The molecule has 9 nitrogen and oxygen atoms in total. The molecule has 5 atom stereocenters. The summed E-state index contributed by atoms with van der Waals surface area (Å²) in [7, 11) is 0. The molecule has 0 radical (unpaired) electrons. The van der Waals surface area contributed by atoms with Gasteiger partial charge < -0.3 is 29.9 Å². The van der Waals surface area contributed by atoms with Crippen LogP contribution < -0.4 is 0 Å². The summed E-state index contributed by atoms with van der Waals surface area (Å²) in [4.78, 5) is 2.56. The van der Waals surface area contributed by atoms with E-state index in [9.17, 15) is 15.3 Å². The van der Waals surface area contributed by atoms with Crippen molar-refractivity contribution in [2.45, 2.75) is 37.1 Å². The monoisotopic (exact) mass is 263 g/mol. The van der Waals surface area contributed by atoms with Gasteiger partial charge in [-0.25, -0.2) is 0 Å². The molecule has 0 spiro atoms. The van der Waals surface area contributed by atoms with Crippen molar-refractivity contribution < 1.29 is 29.9 Å². The molecule has 18 heavy (non-hydrogen) atoms. The quantitative estimate of drug-likeness (QED) is 0.198. The van der Waals surface area contributed by atoms with Crippen molar-refractivity contribution in [1.29, 1.82) is 0 Å². The van der Waals surface area contributed by atoms with E-state index >= 15 is 0 Å². The highest BCUT2D eigenvalue weighted by molar-refractivity contribution is 4.88. The Bertz CT molecular complexity index is 296. The lowest BCUT2D eigenvalue weighted by Crippen LogP contribution is -2.59. The topological polar surface area (TPSA) is 148 Å². The largest absolute Gasteiger partial charge is 0.394 e. The summed E-state index contributed by atoms with van der Waals surface area (Å²) < 4.78 is 10.3. The highest BCUT2D eigenvalue weighted by atomic mass is 16.7.